The molecule has 4 nitrogen and oxygen atoms in total. The summed E-state index contributed by atoms with van der Waals surface area (Å²) in [4.78, 5) is 2.12. The summed E-state index contributed by atoms with van der Waals surface area (Å²) in [5, 5.41) is 0.552. The summed E-state index contributed by atoms with van der Waals surface area (Å²) >= 11 is 8.95. The summed E-state index contributed by atoms with van der Waals surface area (Å²) in [7, 11) is 0. The average molecular weight is 426 g/mol. The highest BCUT2D eigenvalue weighted by Gasteiger charge is 2.38. The van der Waals surface area contributed by atoms with Crippen molar-refractivity contribution in [2.24, 2.45) is 0 Å². The van der Waals surface area contributed by atoms with Crippen LogP contribution in [0.2, 0.25) is 0 Å². The first-order chi connectivity index (χ1) is 11.9. The molecule has 1 aromatic rings. The molecule has 0 amide bonds. The van der Waals surface area contributed by atoms with E-state index in [1.54, 1.807) is 0 Å². The van der Waals surface area contributed by atoms with Crippen LogP contribution in [0.3, 0.4) is 0 Å². The van der Waals surface area contributed by atoms with Crippen molar-refractivity contribution in [1.82, 2.24) is 4.90 Å². The lowest BCUT2D eigenvalue weighted by molar-refractivity contribution is -0.146. The van der Waals surface area contributed by atoms with Gasteiger partial charge in [-0.15, -0.1) is 0 Å². The van der Waals surface area contributed by atoms with Crippen LogP contribution in [-0.4, -0.2) is 47.8 Å². The fourth-order valence-electron chi connectivity index (χ4n) is 2.99. The molecule has 0 spiro atoms. The molecule has 2 aliphatic rings. The van der Waals surface area contributed by atoms with Gasteiger partial charge in [-0.05, 0) is 62.7 Å². The van der Waals surface area contributed by atoms with E-state index < -0.39 is 5.79 Å². The quantitative estimate of drug-likeness (QED) is 0.667. The van der Waals surface area contributed by atoms with Crippen LogP contribution in [0.25, 0.3) is 6.08 Å². The van der Waals surface area contributed by atoms with Gasteiger partial charge in [0.05, 0.1) is 6.61 Å². The van der Waals surface area contributed by atoms with Crippen molar-refractivity contribution < 1.29 is 14.2 Å². The van der Waals surface area contributed by atoms with E-state index >= 15 is 0 Å². The van der Waals surface area contributed by atoms with Crippen molar-refractivity contribution in [3.8, 4) is 0 Å². The van der Waals surface area contributed by atoms with Gasteiger partial charge in [-0.25, -0.2) is 0 Å². The molecule has 0 bridgehead atoms. The van der Waals surface area contributed by atoms with Gasteiger partial charge in [0.1, 0.15) is 12.2 Å². The lowest BCUT2D eigenvalue weighted by Gasteiger charge is -2.26. The Morgan fingerprint density at radius 3 is 2.60 bits per heavy atom. The summed E-state index contributed by atoms with van der Waals surface area (Å²) in [6.45, 7) is 6.26. The van der Waals surface area contributed by atoms with Crippen molar-refractivity contribution in [3.05, 3.63) is 40.4 Å². The molecule has 25 heavy (non-hydrogen) atoms. The first-order valence-electron chi connectivity index (χ1n) is 8.64. The Morgan fingerprint density at radius 1 is 1.32 bits per heavy atom. The van der Waals surface area contributed by atoms with Gasteiger partial charge in [-0.1, -0.05) is 34.1 Å². The number of hydrogen-bond donors (Lipinski definition) is 0. The minimum absolute atomic E-state index is 0.178. The van der Waals surface area contributed by atoms with Gasteiger partial charge in [-0.2, -0.15) is 0 Å². The second kappa shape index (κ2) is 8.16. The molecular formula is C19H24BrNO3S. The molecule has 2 aliphatic heterocycles. The van der Waals surface area contributed by atoms with Crippen LogP contribution in [0, 0.1) is 0 Å². The van der Waals surface area contributed by atoms with Gasteiger partial charge in [0.25, 0.3) is 5.17 Å². The zero-order valence-corrected chi connectivity index (χ0v) is 17.0. The van der Waals surface area contributed by atoms with Crippen molar-refractivity contribution in [2.45, 2.75) is 44.7 Å². The van der Waals surface area contributed by atoms with Gasteiger partial charge < -0.3 is 19.1 Å². The average Bonchev–Trinajstić information content (AvgIpc) is 3.22. The predicted molar refractivity (Wildman–Crippen MR) is 106 cm³/mol. The van der Waals surface area contributed by atoms with E-state index in [1.807, 2.05) is 50.3 Å². The molecule has 2 heterocycles. The normalized spacial score (nSPS) is 24.0. The summed E-state index contributed by atoms with van der Waals surface area (Å²) in [6.07, 6.45) is 5.93. The molecule has 0 radical (unpaired) electrons. The zero-order valence-electron chi connectivity index (χ0n) is 14.6. The Bertz CT molecular complexity index is 626. The molecule has 0 unspecified atom stereocenters. The van der Waals surface area contributed by atoms with Crippen LogP contribution in [0.4, 0.5) is 0 Å². The number of ether oxygens (including phenoxy) is 3. The van der Waals surface area contributed by atoms with E-state index in [2.05, 4.69) is 20.8 Å². The largest absolute Gasteiger partial charge is 0.460 e. The molecule has 2 fully saturated rings. The number of hydrogen-bond acceptors (Lipinski definition) is 4. The number of likely N-dealkylation sites (tertiary alicyclic amines) is 1. The van der Waals surface area contributed by atoms with Gasteiger partial charge in [0, 0.05) is 17.6 Å². The maximum absolute atomic E-state index is 6.11. The highest BCUT2D eigenvalue weighted by Crippen LogP contribution is 2.27. The van der Waals surface area contributed by atoms with Gasteiger partial charge in [0.2, 0.25) is 0 Å². The summed E-state index contributed by atoms with van der Waals surface area (Å²) < 4.78 is 18.9. The van der Waals surface area contributed by atoms with E-state index in [0.29, 0.717) is 11.8 Å². The molecule has 6 heteroatoms. The number of rotatable bonds is 4. The first-order valence-corrected chi connectivity index (χ1v) is 9.84. The van der Waals surface area contributed by atoms with Gasteiger partial charge in [0.15, 0.2) is 5.79 Å². The second-order valence-electron chi connectivity index (χ2n) is 6.82. The second-order valence-corrected chi connectivity index (χ2v) is 8.09. The molecule has 136 valence electrons. The standard InChI is InChI=1S/C19H24BrNO3S/c1-19(2)22-13-17(24-19)16(23-18(25)21-11-3-4-12-21)10-7-14-5-8-15(20)9-6-14/h5-10,16-17H,3-4,11-13H2,1-2H3/b10-7+/t16-,17+/m0/s1. The molecule has 2 saturated heterocycles. The Hall–Kier alpha value is -0.950. The molecule has 2 atom stereocenters. The third-order valence-electron chi connectivity index (χ3n) is 4.35. The van der Waals surface area contributed by atoms with Crippen LogP contribution in [0.1, 0.15) is 32.3 Å². The molecule has 1 aromatic carbocycles. The van der Waals surface area contributed by atoms with E-state index in [0.717, 1.165) is 23.1 Å². The number of thiocarbonyl (C=S) groups is 1. The Morgan fingerprint density at radius 2 is 2.00 bits per heavy atom. The summed E-state index contributed by atoms with van der Waals surface area (Å²) in [6, 6.07) is 8.13. The zero-order chi connectivity index (χ0) is 17.9. The van der Waals surface area contributed by atoms with Crippen LogP contribution < -0.4 is 0 Å². The minimum Gasteiger partial charge on any atom is -0.460 e. The first kappa shape index (κ1) is 18.8. The number of benzene rings is 1. The molecule has 0 saturated carbocycles. The lowest BCUT2D eigenvalue weighted by Crippen LogP contribution is -2.38. The minimum atomic E-state index is -0.590. The highest BCUT2D eigenvalue weighted by atomic mass is 79.9. The van der Waals surface area contributed by atoms with E-state index in [1.165, 1.54) is 12.8 Å². The maximum Gasteiger partial charge on any atom is 0.259 e. The third-order valence-corrected chi connectivity index (χ3v) is 5.23. The monoisotopic (exact) mass is 425 g/mol. The molecular weight excluding hydrogens is 402 g/mol. The SMILES string of the molecule is CC1(C)OC[C@H]([C@H](/C=C/c2ccc(Br)cc2)OC(=S)N2CCCC2)O1. The van der Waals surface area contributed by atoms with E-state index in [9.17, 15) is 0 Å². The van der Waals surface area contributed by atoms with Gasteiger partial charge in [-0.3, -0.25) is 0 Å². The van der Waals surface area contributed by atoms with Crippen molar-refractivity contribution in [1.29, 1.82) is 0 Å². The molecule has 3 rings (SSSR count). The summed E-state index contributed by atoms with van der Waals surface area (Å²) in [5.41, 5.74) is 1.10. The van der Waals surface area contributed by atoms with Crippen LogP contribution in [0.5, 0.6) is 0 Å². The number of halogens is 1. The van der Waals surface area contributed by atoms with Crippen LogP contribution in [-0.2, 0) is 14.2 Å². The summed E-state index contributed by atoms with van der Waals surface area (Å²) in [5.74, 6) is -0.590. The smallest absolute Gasteiger partial charge is 0.259 e. The van der Waals surface area contributed by atoms with Crippen molar-refractivity contribution in [2.75, 3.05) is 19.7 Å². The van der Waals surface area contributed by atoms with Crippen LogP contribution >= 0.6 is 28.1 Å². The van der Waals surface area contributed by atoms with Crippen molar-refractivity contribution >= 4 is 39.4 Å². The van der Waals surface area contributed by atoms with Crippen molar-refractivity contribution in [3.63, 3.8) is 0 Å². The fourth-order valence-corrected chi connectivity index (χ4v) is 3.54. The van der Waals surface area contributed by atoms with E-state index in [-0.39, 0.29) is 12.2 Å². The number of nitrogens with zero attached hydrogens (tertiary/aromatic N) is 1. The Labute approximate surface area is 163 Å². The fraction of sp³-hybridized carbons (Fsp3) is 0.526. The van der Waals surface area contributed by atoms with E-state index in [4.69, 9.17) is 26.4 Å². The molecule has 0 N–H and O–H groups in total. The maximum atomic E-state index is 6.11. The third kappa shape index (κ3) is 5.26. The predicted octanol–water partition coefficient (Wildman–Crippen LogP) is 4.38. The Kier molecular flexibility index (Phi) is 6.15. The molecule has 0 aliphatic carbocycles. The molecule has 0 aromatic heterocycles. The Balaban J connectivity index is 1.71. The topological polar surface area (TPSA) is 30.9 Å². The lowest BCUT2D eigenvalue weighted by atomic mass is 10.1. The van der Waals surface area contributed by atoms with Crippen LogP contribution in [0.15, 0.2) is 34.8 Å². The highest BCUT2D eigenvalue weighted by molar-refractivity contribution is 9.10. The van der Waals surface area contributed by atoms with Gasteiger partial charge >= 0.3 is 0 Å².